The standard InChI is InChI=1S/C15H21N3OS/c16-11-7-12(18-13(8-1-2-8)9-3-4-9)20-14(11)15(19)17-10-5-6-10/h7-10,13,18H,1-6,16H2,(H,17,19). The van der Waals surface area contributed by atoms with Crippen LogP contribution >= 0.6 is 11.3 Å². The summed E-state index contributed by atoms with van der Waals surface area (Å²) in [5.41, 5.74) is 6.62. The van der Waals surface area contributed by atoms with Crippen LogP contribution in [0.3, 0.4) is 0 Å². The van der Waals surface area contributed by atoms with Gasteiger partial charge in [-0.15, -0.1) is 11.3 Å². The van der Waals surface area contributed by atoms with Gasteiger partial charge in [-0.05, 0) is 56.4 Å². The van der Waals surface area contributed by atoms with Crippen LogP contribution in [0.25, 0.3) is 0 Å². The summed E-state index contributed by atoms with van der Waals surface area (Å²) in [6, 6.07) is 2.92. The summed E-state index contributed by atoms with van der Waals surface area (Å²) < 4.78 is 0. The summed E-state index contributed by atoms with van der Waals surface area (Å²) in [5, 5.41) is 7.72. The molecule has 0 spiro atoms. The zero-order valence-corrected chi connectivity index (χ0v) is 12.3. The summed E-state index contributed by atoms with van der Waals surface area (Å²) in [6.07, 6.45) is 7.61. The number of hydrogen-bond acceptors (Lipinski definition) is 4. The first kappa shape index (κ1) is 12.5. The fourth-order valence-electron chi connectivity index (χ4n) is 2.83. The first-order valence-corrected chi connectivity index (χ1v) is 8.49. The van der Waals surface area contributed by atoms with Gasteiger partial charge in [-0.3, -0.25) is 4.79 Å². The SMILES string of the molecule is Nc1cc(NC(C2CC2)C2CC2)sc1C(=O)NC1CC1. The molecule has 0 unspecified atom stereocenters. The van der Waals surface area contributed by atoms with E-state index in [9.17, 15) is 4.79 Å². The Kier molecular flexibility index (Phi) is 2.91. The van der Waals surface area contributed by atoms with E-state index in [0.717, 1.165) is 29.7 Å². The maximum Gasteiger partial charge on any atom is 0.263 e. The molecule has 4 nitrogen and oxygen atoms in total. The van der Waals surface area contributed by atoms with Crippen LogP contribution in [0.4, 0.5) is 10.7 Å². The second-order valence-corrected chi connectivity index (χ2v) is 7.54. The number of nitrogens with one attached hydrogen (secondary N) is 2. The van der Waals surface area contributed by atoms with Gasteiger partial charge in [0.1, 0.15) is 4.88 Å². The molecule has 4 rings (SSSR count). The minimum Gasteiger partial charge on any atom is -0.397 e. The van der Waals surface area contributed by atoms with Crippen molar-refractivity contribution in [3.63, 3.8) is 0 Å². The molecule has 0 radical (unpaired) electrons. The third-order valence-corrected chi connectivity index (χ3v) is 5.53. The quantitative estimate of drug-likeness (QED) is 0.755. The van der Waals surface area contributed by atoms with E-state index in [1.54, 1.807) is 0 Å². The van der Waals surface area contributed by atoms with E-state index in [-0.39, 0.29) is 5.91 Å². The van der Waals surface area contributed by atoms with Gasteiger partial charge in [-0.25, -0.2) is 0 Å². The van der Waals surface area contributed by atoms with Crippen LogP contribution in [-0.4, -0.2) is 18.0 Å². The lowest BCUT2D eigenvalue weighted by atomic mass is 10.1. The van der Waals surface area contributed by atoms with Gasteiger partial charge in [0, 0.05) is 12.1 Å². The number of anilines is 2. The summed E-state index contributed by atoms with van der Waals surface area (Å²) in [6.45, 7) is 0. The number of nitrogen functional groups attached to an aromatic ring is 1. The molecule has 5 heteroatoms. The zero-order chi connectivity index (χ0) is 13.7. The van der Waals surface area contributed by atoms with Crippen molar-refractivity contribution in [3.8, 4) is 0 Å². The second-order valence-electron chi connectivity index (χ2n) is 6.49. The van der Waals surface area contributed by atoms with Crippen LogP contribution < -0.4 is 16.4 Å². The summed E-state index contributed by atoms with van der Waals surface area (Å²) in [7, 11) is 0. The topological polar surface area (TPSA) is 67.1 Å². The molecule has 1 aromatic rings. The Balaban J connectivity index is 1.46. The highest BCUT2D eigenvalue weighted by Crippen LogP contribution is 2.46. The predicted octanol–water partition coefficient (Wildman–Crippen LogP) is 2.82. The van der Waals surface area contributed by atoms with Crippen molar-refractivity contribution in [3.05, 3.63) is 10.9 Å². The highest BCUT2D eigenvalue weighted by molar-refractivity contribution is 7.18. The largest absolute Gasteiger partial charge is 0.397 e. The molecule has 3 aliphatic carbocycles. The van der Waals surface area contributed by atoms with Crippen LogP contribution in [0.15, 0.2) is 6.07 Å². The van der Waals surface area contributed by atoms with Crippen molar-refractivity contribution in [1.29, 1.82) is 0 Å². The molecule has 0 aliphatic heterocycles. The molecular formula is C15H21N3OS. The first-order valence-electron chi connectivity index (χ1n) is 7.67. The third-order valence-electron chi connectivity index (χ3n) is 4.45. The minimum absolute atomic E-state index is 0.00237. The van der Waals surface area contributed by atoms with E-state index in [2.05, 4.69) is 10.6 Å². The molecule has 1 amide bonds. The molecule has 1 heterocycles. The Labute approximate surface area is 123 Å². The van der Waals surface area contributed by atoms with Crippen molar-refractivity contribution in [2.24, 2.45) is 11.8 Å². The average molecular weight is 291 g/mol. The lowest BCUT2D eigenvalue weighted by Gasteiger charge is -2.17. The van der Waals surface area contributed by atoms with E-state index in [1.807, 2.05) is 6.07 Å². The van der Waals surface area contributed by atoms with Gasteiger partial charge in [0.2, 0.25) is 0 Å². The summed E-state index contributed by atoms with van der Waals surface area (Å²) >= 11 is 1.51. The van der Waals surface area contributed by atoms with Crippen LogP contribution in [0.5, 0.6) is 0 Å². The first-order chi connectivity index (χ1) is 9.70. The van der Waals surface area contributed by atoms with Gasteiger partial charge in [-0.2, -0.15) is 0 Å². The highest BCUT2D eigenvalue weighted by atomic mass is 32.1. The third kappa shape index (κ3) is 2.64. The predicted molar refractivity (Wildman–Crippen MR) is 82.1 cm³/mol. The number of nitrogens with two attached hydrogens (primary N) is 1. The number of carbonyl (C=O) groups is 1. The number of thiophene rings is 1. The molecule has 0 bridgehead atoms. The monoisotopic (exact) mass is 291 g/mol. The molecule has 3 aliphatic rings. The average Bonchev–Trinajstić information content (AvgIpc) is 3.24. The lowest BCUT2D eigenvalue weighted by molar-refractivity contribution is 0.0956. The molecule has 3 fully saturated rings. The lowest BCUT2D eigenvalue weighted by Crippen LogP contribution is -2.25. The molecule has 1 aromatic heterocycles. The number of hydrogen-bond donors (Lipinski definition) is 3. The Morgan fingerprint density at radius 3 is 2.40 bits per heavy atom. The van der Waals surface area contributed by atoms with Crippen LogP contribution in [0.1, 0.15) is 48.2 Å². The van der Waals surface area contributed by atoms with Crippen LogP contribution in [0.2, 0.25) is 0 Å². The van der Waals surface area contributed by atoms with Crippen LogP contribution in [0, 0.1) is 11.8 Å². The van der Waals surface area contributed by atoms with Gasteiger partial charge in [-0.1, -0.05) is 0 Å². The molecule has 0 aromatic carbocycles. The molecular weight excluding hydrogens is 270 g/mol. The highest BCUT2D eigenvalue weighted by Gasteiger charge is 2.41. The van der Waals surface area contributed by atoms with Crippen LogP contribution in [-0.2, 0) is 0 Å². The Bertz CT molecular complexity index is 517. The van der Waals surface area contributed by atoms with Crippen molar-refractivity contribution >= 4 is 27.9 Å². The van der Waals surface area contributed by atoms with E-state index in [0.29, 0.717) is 22.6 Å². The van der Waals surface area contributed by atoms with Gasteiger partial charge in [0.25, 0.3) is 5.91 Å². The van der Waals surface area contributed by atoms with Gasteiger partial charge in [0.05, 0.1) is 10.7 Å². The fourth-order valence-corrected chi connectivity index (χ4v) is 3.76. The number of amides is 1. The van der Waals surface area contributed by atoms with E-state index >= 15 is 0 Å². The smallest absolute Gasteiger partial charge is 0.263 e. The van der Waals surface area contributed by atoms with Crippen molar-refractivity contribution in [2.45, 2.75) is 50.6 Å². The zero-order valence-electron chi connectivity index (χ0n) is 11.5. The molecule has 3 saturated carbocycles. The van der Waals surface area contributed by atoms with Gasteiger partial charge in [0.15, 0.2) is 0 Å². The van der Waals surface area contributed by atoms with E-state index < -0.39 is 0 Å². The normalized spacial score (nSPS) is 22.1. The fraction of sp³-hybridized carbons (Fsp3) is 0.667. The van der Waals surface area contributed by atoms with Gasteiger partial charge >= 0.3 is 0 Å². The molecule has 0 saturated heterocycles. The van der Waals surface area contributed by atoms with E-state index in [4.69, 9.17) is 5.73 Å². The molecule has 4 N–H and O–H groups in total. The Morgan fingerprint density at radius 2 is 1.85 bits per heavy atom. The molecule has 0 atom stereocenters. The van der Waals surface area contributed by atoms with Crippen molar-refractivity contribution in [1.82, 2.24) is 5.32 Å². The second kappa shape index (κ2) is 4.65. The molecule has 20 heavy (non-hydrogen) atoms. The maximum atomic E-state index is 12.1. The summed E-state index contributed by atoms with van der Waals surface area (Å²) in [4.78, 5) is 12.8. The van der Waals surface area contributed by atoms with Crippen molar-refractivity contribution in [2.75, 3.05) is 11.1 Å². The minimum atomic E-state index is -0.00237. The van der Waals surface area contributed by atoms with Gasteiger partial charge < -0.3 is 16.4 Å². The summed E-state index contributed by atoms with van der Waals surface area (Å²) in [5.74, 6) is 1.68. The number of rotatable bonds is 6. The van der Waals surface area contributed by atoms with Crippen molar-refractivity contribution < 1.29 is 4.79 Å². The Hall–Kier alpha value is -1.23. The maximum absolute atomic E-state index is 12.1. The molecule has 108 valence electrons. The number of carbonyl (C=O) groups excluding carboxylic acids is 1. The Morgan fingerprint density at radius 1 is 1.20 bits per heavy atom. The van der Waals surface area contributed by atoms with E-state index in [1.165, 1.54) is 37.0 Å².